The summed E-state index contributed by atoms with van der Waals surface area (Å²) in [5.41, 5.74) is 3.00. The highest BCUT2D eigenvalue weighted by Crippen LogP contribution is 2.25. The second-order valence-electron chi connectivity index (χ2n) is 7.75. The lowest BCUT2D eigenvalue weighted by atomic mass is 9.97. The summed E-state index contributed by atoms with van der Waals surface area (Å²) in [7, 11) is 0. The maximum Gasteiger partial charge on any atom is 0.305 e. The molecule has 30 heavy (non-hydrogen) atoms. The number of nitrogens with one attached hydrogen (secondary N) is 1. The van der Waals surface area contributed by atoms with E-state index in [9.17, 15) is 9.90 Å². The molecule has 3 aromatic heterocycles. The normalized spacial score (nSPS) is 16.5. The minimum Gasteiger partial charge on any atom is -0.481 e. The van der Waals surface area contributed by atoms with E-state index in [1.54, 1.807) is 24.0 Å². The molecule has 2 atom stereocenters. The van der Waals surface area contributed by atoms with Crippen LogP contribution in [0.2, 0.25) is 0 Å². The average molecular weight is 406 g/mol. The first-order valence-corrected chi connectivity index (χ1v) is 10.3. The van der Waals surface area contributed by atoms with Gasteiger partial charge in [-0.25, -0.2) is 15.0 Å². The third-order valence-electron chi connectivity index (χ3n) is 5.52. The Morgan fingerprint density at radius 3 is 2.93 bits per heavy atom. The number of rotatable bonds is 8. The Morgan fingerprint density at radius 2 is 2.13 bits per heavy atom. The standard InChI is InChI=1S/C22H26N6O2/c1-15-24-13-17(14-25-15)20(12-21(29)30)28-11-9-19(27-28)6-2-5-18-8-7-16-4-3-10-23-22(16)26-18/h3-4,9-11,13-14,18,20H,2,5-8,12H2,1H3,(H,23,26)(H,29,30)/t18-,20?/m0/s1. The molecule has 0 saturated carbocycles. The second kappa shape index (κ2) is 9.02. The molecule has 4 heterocycles. The Morgan fingerprint density at radius 1 is 1.30 bits per heavy atom. The van der Waals surface area contributed by atoms with E-state index in [0.29, 0.717) is 11.9 Å². The van der Waals surface area contributed by atoms with Gasteiger partial charge in [0.2, 0.25) is 0 Å². The van der Waals surface area contributed by atoms with Gasteiger partial charge in [-0.1, -0.05) is 6.07 Å². The van der Waals surface area contributed by atoms with Crippen LogP contribution in [0.3, 0.4) is 0 Å². The number of fused-ring (bicyclic) bond motifs is 1. The van der Waals surface area contributed by atoms with E-state index in [1.165, 1.54) is 5.56 Å². The molecule has 0 aliphatic carbocycles. The number of carbonyl (C=O) groups is 1. The maximum absolute atomic E-state index is 11.4. The molecule has 0 fully saturated rings. The fourth-order valence-electron chi connectivity index (χ4n) is 3.90. The molecule has 0 aromatic carbocycles. The van der Waals surface area contributed by atoms with Crippen molar-refractivity contribution in [2.45, 2.75) is 57.5 Å². The van der Waals surface area contributed by atoms with Gasteiger partial charge in [0.1, 0.15) is 11.6 Å². The molecule has 8 heteroatoms. The minimum atomic E-state index is -0.880. The molecule has 0 radical (unpaired) electrons. The highest BCUT2D eigenvalue weighted by Gasteiger charge is 2.20. The van der Waals surface area contributed by atoms with Crippen LogP contribution in [0.15, 0.2) is 43.0 Å². The smallest absolute Gasteiger partial charge is 0.305 e. The monoisotopic (exact) mass is 406 g/mol. The fraction of sp³-hybridized carbons (Fsp3) is 0.409. The predicted octanol–water partition coefficient (Wildman–Crippen LogP) is 3.19. The predicted molar refractivity (Wildman–Crippen MR) is 112 cm³/mol. The zero-order chi connectivity index (χ0) is 20.9. The van der Waals surface area contributed by atoms with Gasteiger partial charge in [-0.15, -0.1) is 0 Å². The van der Waals surface area contributed by atoms with Crippen molar-refractivity contribution in [1.82, 2.24) is 24.7 Å². The molecule has 1 unspecified atom stereocenters. The average Bonchev–Trinajstić information content (AvgIpc) is 3.21. The van der Waals surface area contributed by atoms with Crippen molar-refractivity contribution in [2.75, 3.05) is 5.32 Å². The summed E-state index contributed by atoms with van der Waals surface area (Å²) in [6.45, 7) is 1.80. The van der Waals surface area contributed by atoms with Crippen LogP contribution in [-0.2, 0) is 17.6 Å². The summed E-state index contributed by atoms with van der Waals surface area (Å²) in [5, 5.41) is 17.5. The van der Waals surface area contributed by atoms with Crippen molar-refractivity contribution in [2.24, 2.45) is 0 Å². The third-order valence-corrected chi connectivity index (χ3v) is 5.52. The van der Waals surface area contributed by atoms with Crippen LogP contribution in [0, 0.1) is 6.92 Å². The first kappa shape index (κ1) is 20.0. The van der Waals surface area contributed by atoms with E-state index < -0.39 is 12.0 Å². The molecular weight excluding hydrogens is 380 g/mol. The molecule has 156 valence electrons. The van der Waals surface area contributed by atoms with Gasteiger partial charge in [0, 0.05) is 36.4 Å². The Balaban J connectivity index is 1.36. The summed E-state index contributed by atoms with van der Waals surface area (Å²) in [6.07, 6.45) is 12.1. The van der Waals surface area contributed by atoms with E-state index in [1.807, 2.05) is 24.5 Å². The van der Waals surface area contributed by atoms with E-state index in [2.05, 4.69) is 31.4 Å². The quantitative estimate of drug-likeness (QED) is 0.592. The molecule has 1 aliphatic heterocycles. The number of hydrogen-bond donors (Lipinski definition) is 2. The molecular formula is C22H26N6O2. The van der Waals surface area contributed by atoms with Gasteiger partial charge >= 0.3 is 5.97 Å². The van der Waals surface area contributed by atoms with Crippen LogP contribution >= 0.6 is 0 Å². The van der Waals surface area contributed by atoms with Crippen molar-refractivity contribution in [3.63, 3.8) is 0 Å². The summed E-state index contributed by atoms with van der Waals surface area (Å²) in [5.74, 6) is 0.785. The fourth-order valence-corrected chi connectivity index (χ4v) is 3.90. The molecule has 0 bridgehead atoms. The van der Waals surface area contributed by atoms with Crippen LogP contribution in [0.4, 0.5) is 5.82 Å². The molecule has 2 N–H and O–H groups in total. The van der Waals surface area contributed by atoms with Crippen molar-refractivity contribution in [3.05, 3.63) is 65.6 Å². The second-order valence-corrected chi connectivity index (χ2v) is 7.75. The topological polar surface area (TPSA) is 106 Å². The first-order valence-electron chi connectivity index (χ1n) is 10.3. The molecule has 1 aliphatic rings. The van der Waals surface area contributed by atoms with Crippen molar-refractivity contribution in [3.8, 4) is 0 Å². The Bertz CT molecular complexity index is 1000. The Labute approximate surface area is 175 Å². The van der Waals surface area contributed by atoms with E-state index in [-0.39, 0.29) is 6.42 Å². The number of aliphatic carboxylic acids is 1. The van der Waals surface area contributed by atoms with Crippen LogP contribution < -0.4 is 5.32 Å². The Hall–Kier alpha value is -3.29. The molecule has 0 spiro atoms. The maximum atomic E-state index is 11.4. The highest BCUT2D eigenvalue weighted by atomic mass is 16.4. The summed E-state index contributed by atoms with van der Waals surface area (Å²) in [4.78, 5) is 24.2. The summed E-state index contributed by atoms with van der Waals surface area (Å²) in [6, 6.07) is 6.09. The van der Waals surface area contributed by atoms with Crippen LogP contribution in [0.1, 0.15) is 54.4 Å². The number of aryl methyl sites for hydroxylation is 3. The number of anilines is 1. The molecule has 0 amide bonds. The number of carboxylic acid groups (broad SMARTS) is 1. The zero-order valence-corrected chi connectivity index (χ0v) is 17.0. The minimum absolute atomic E-state index is 0.0635. The number of aromatic nitrogens is 5. The van der Waals surface area contributed by atoms with Gasteiger partial charge < -0.3 is 10.4 Å². The number of carboxylic acids is 1. The van der Waals surface area contributed by atoms with E-state index in [4.69, 9.17) is 0 Å². The number of hydrogen-bond acceptors (Lipinski definition) is 6. The number of nitrogens with zero attached hydrogens (tertiary/aromatic N) is 5. The SMILES string of the molecule is Cc1ncc(C(CC(=O)O)n2ccc(CCC[C@H]3CCc4cccnc4N3)n2)cn1. The van der Waals surface area contributed by atoms with Gasteiger partial charge in [-0.3, -0.25) is 9.48 Å². The lowest BCUT2D eigenvalue weighted by Crippen LogP contribution is -2.26. The highest BCUT2D eigenvalue weighted by molar-refractivity contribution is 5.68. The van der Waals surface area contributed by atoms with Crippen LogP contribution in [0.5, 0.6) is 0 Å². The first-order chi connectivity index (χ1) is 14.6. The van der Waals surface area contributed by atoms with E-state index in [0.717, 1.165) is 49.2 Å². The van der Waals surface area contributed by atoms with Gasteiger partial charge in [0.15, 0.2) is 0 Å². The molecule has 4 rings (SSSR count). The van der Waals surface area contributed by atoms with Crippen LogP contribution in [-0.4, -0.2) is 41.9 Å². The van der Waals surface area contributed by atoms with Crippen molar-refractivity contribution >= 4 is 11.8 Å². The molecule has 8 nitrogen and oxygen atoms in total. The van der Waals surface area contributed by atoms with Gasteiger partial charge in [0.25, 0.3) is 0 Å². The van der Waals surface area contributed by atoms with Crippen molar-refractivity contribution < 1.29 is 9.90 Å². The van der Waals surface area contributed by atoms with E-state index >= 15 is 0 Å². The van der Waals surface area contributed by atoms with Crippen LogP contribution in [0.25, 0.3) is 0 Å². The largest absolute Gasteiger partial charge is 0.481 e. The zero-order valence-electron chi connectivity index (χ0n) is 17.0. The van der Waals surface area contributed by atoms with Crippen molar-refractivity contribution in [1.29, 1.82) is 0 Å². The number of pyridine rings is 1. The Kier molecular flexibility index (Phi) is 6.02. The van der Waals surface area contributed by atoms with Gasteiger partial charge in [-0.2, -0.15) is 5.10 Å². The lowest BCUT2D eigenvalue weighted by molar-refractivity contribution is -0.137. The molecule has 3 aromatic rings. The van der Waals surface area contributed by atoms with Gasteiger partial charge in [0.05, 0.1) is 18.2 Å². The van der Waals surface area contributed by atoms with Gasteiger partial charge in [-0.05, 0) is 56.7 Å². The molecule has 0 saturated heterocycles. The lowest BCUT2D eigenvalue weighted by Gasteiger charge is -2.25. The summed E-state index contributed by atoms with van der Waals surface area (Å²) >= 11 is 0. The summed E-state index contributed by atoms with van der Waals surface area (Å²) < 4.78 is 1.72. The third kappa shape index (κ3) is 4.82.